The van der Waals surface area contributed by atoms with Crippen LogP contribution in [0.2, 0.25) is 0 Å². The number of nitrogens with one attached hydrogen (secondary N) is 2. The summed E-state index contributed by atoms with van der Waals surface area (Å²) in [5.41, 5.74) is 0. The first-order valence-electron chi connectivity index (χ1n) is 13.1. The van der Waals surface area contributed by atoms with Gasteiger partial charge in [0, 0.05) is 51.2 Å². The summed E-state index contributed by atoms with van der Waals surface area (Å²) in [6, 6.07) is 0.0542. The molecule has 2 amide bonds. The van der Waals surface area contributed by atoms with E-state index in [9.17, 15) is 14.7 Å². The molecule has 0 spiro atoms. The fourth-order valence-electron chi connectivity index (χ4n) is 3.89. The largest absolute Gasteiger partial charge is 0.396 e. The topological polar surface area (TPSA) is 81.7 Å². The summed E-state index contributed by atoms with van der Waals surface area (Å²) in [6.45, 7) is 10.4. The van der Waals surface area contributed by atoms with Gasteiger partial charge in [-0.2, -0.15) is 0 Å². The summed E-state index contributed by atoms with van der Waals surface area (Å²) < 4.78 is 0. The molecule has 0 fully saturated rings. The average molecular weight is 466 g/mol. The Balaban J connectivity index is 4.26. The highest BCUT2D eigenvalue weighted by molar-refractivity contribution is 5.76. The van der Waals surface area contributed by atoms with Crippen LogP contribution in [0.15, 0.2) is 24.3 Å². The zero-order valence-corrected chi connectivity index (χ0v) is 21.8. The third-order valence-corrected chi connectivity index (χ3v) is 5.53. The smallest absolute Gasteiger partial charge is 0.220 e. The van der Waals surface area contributed by atoms with E-state index in [4.69, 9.17) is 0 Å². The maximum atomic E-state index is 12.2. The van der Waals surface area contributed by atoms with Crippen LogP contribution in [0.3, 0.4) is 0 Å². The highest BCUT2D eigenvalue weighted by Crippen LogP contribution is 2.06. The second-order valence-electron chi connectivity index (χ2n) is 9.11. The minimum absolute atomic E-state index is 0.0271. The molecule has 0 aromatic rings. The summed E-state index contributed by atoms with van der Waals surface area (Å²) in [4.78, 5) is 26.7. The van der Waals surface area contributed by atoms with Gasteiger partial charge in [0.1, 0.15) is 0 Å². The Hall–Kier alpha value is -1.66. The number of aliphatic hydroxyl groups excluding tert-OH is 1. The van der Waals surface area contributed by atoms with Crippen molar-refractivity contribution >= 4 is 11.8 Å². The van der Waals surface area contributed by atoms with Gasteiger partial charge in [-0.15, -0.1) is 0 Å². The Morgan fingerprint density at radius 1 is 0.758 bits per heavy atom. The van der Waals surface area contributed by atoms with Gasteiger partial charge in [0.25, 0.3) is 0 Å². The van der Waals surface area contributed by atoms with Gasteiger partial charge in [0.2, 0.25) is 11.8 Å². The summed E-state index contributed by atoms with van der Waals surface area (Å²) in [5.74, 6) is 0.206. The first-order chi connectivity index (χ1) is 15.9. The molecule has 0 saturated heterocycles. The van der Waals surface area contributed by atoms with Crippen molar-refractivity contribution in [2.24, 2.45) is 0 Å². The fourth-order valence-corrected chi connectivity index (χ4v) is 3.89. The number of hydrogen-bond acceptors (Lipinski definition) is 4. The molecular formula is C27H51N3O3. The molecule has 0 saturated carbocycles. The van der Waals surface area contributed by atoms with Crippen LogP contribution in [0.4, 0.5) is 0 Å². The molecule has 0 rings (SSSR count). The number of nitrogens with zero attached hydrogens (tertiary/aromatic N) is 1. The van der Waals surface area contributed by atoms with Crippen molar-refractivity contribution in [1.29, 1.82) is 0 Å². The van der Waals surface area contributed by atoms with E-state index in [1.807, 2.05) is 27.7 Å². The van der Waals surface area contributed by atoms with Gasteiger partial charge in [0.05, 0.1) is 0 Å². The molecule has 33 heavy (non-hydrogen) atoms. The maximum absolute atomic E-state index is 12.2. The lowest BCUT2D eigenvalue weighted by Crippen LogP contribution is -2.47. The second-order valence-corrected chi connectivity index (χ2v) is 9.11. The lowest BCUT2D eigenvalue weighted by Gasteiger charge is -2.29. The standard InChI is InChI=1S/C27H51N3O3/c1-5-7-9-11-13-15-18-26(32)28-24(3)22-30(20-17-21-31)23-25(4)29-27(33)19-16-14-12-10-8-6-2/h5-8,24-25,31H,9-23H2,1-4H3,(H,28,32)(H,29,33)/b7-5+,8-6+. The number of hydrogen-bond donors (Lipinski definition) is 3. The van der Waals surface area contributed by atoms with Crippen LogP contribution in [-0.4, -0.2) is 60.1 Å². The third-order valence-electron chi connectivity index (χ3n) is 5.53. The van der Waals surface area contributed by atoms with E-state index in [0.29, 0.717) is 32.4 Å². The van der Waals surface area contributed by atoms with Crippen molar-refractivity contribution in [3.05, 3.63) is 24.3 Å². The van der Waals surface area contributed by atoms with Crippen molar-refractivity contribution in [2.45, 2.75) is 110 Å². The molecule has 6 nitrogen and oxygen atoms in total. The average Bonchev–Trinajstić information content (AvgIpc) is 2.76. The van der Waals surface area contributed by atoms with Crippen LogP contribution >= 0.6 is 0 Å². The molecule has 0 aromatic heterocycles. The monoisotopic (exact) mass is 465 g/mol. The van der Waals surface area contributed by atoms with E-state index in [1.54, 1.807) is 0 Å². The molecule has 0 bridgehead atoms. The predicted octanol–water partition coefficient (Wildman–Crippen LogP) is 4.73. The predicted molar refractivity (Wildman–Crippen MR) is 139 cm³/mol. The molecule has 0 aromatic carbocycles. The summed E-state index contributed by atoms with van der Waals surface area (Å²) in [7, 11) is 0. The highest BCUT2D eigenvalue weighted by Gasteiger charge is 2.16. The molecule has 6 heteroatoms. The van der Waals surface area contributed by atoms with Crippen molar-refractivity contribution < 1.29 is 14.7 Å². The first-order valence-corrected chi connectivity index (χ1v) is 13.1. The van der Waals surface area contributed by atoms with Gasteiger partial charge in [-0.05, 0) is 72.6 Å². The van der Waals surface area contributed by atoms with Crippen LogP contribution in [0.25, 0.3) is 0 Å². The van der Waals surface area contributed by atoms with E-state index in [0.717, 1.165) is 57.9 Å². The van der Waals surface area contributed by atoms with Gasteiger partial charge in [0.15, 0.2) is 0 Å². The SMILES string of the molecule is C/C=C/CCCCCC(=O)NC(C)CN(CCCO)CC(C)NC(=O)CCCCC/C=C/C. The van der Waals surface area contributed by atoms with Crippen LogP contribution in [0, 0.1) is 0 Å². The molecular weight excluding hydrogens is 414 g/mol. The highest BCUT2D eigenvalue weighted by atomic mass is 16.3. The third kappa shape index (κ3) is 20.7. The molecule has 3 N–H and O–H groups in total. The van der Waals surface area contributed by atoms with Crippen LogP contribution < -0.4 is 10.6 Å². The normalized spacial score (nSPS) is 13.6. The minimum atomic E-state index is 0.0271. The summed E-state index contributed by atoms with van der Waals surface area (Å²) >= 11 is 0. The van der Waals surface area contributed by atoms with E-state index >= 15 is 0 Å². The molecule has 192 valence electrons. The number of unbranched alkanes of at least 4 members (excludes halogenated alkanes) is 6. The number of aliphatic hydroxyl groups is 1. The van der Waals surface area contributed by atoms with E-state index in [1.165, 1.54) is 0 Å². The quantitative estimate of drug-likeness (QED) is 0.169. The van der Waals surface area contributed by atoms with E-state index < -0.39 is 0 Å². The Bertz CT molecular complexity index is 505. The van der Waals surface area contributed by atoms with Gasteiger partial charge >= 0.3 is 0 Å². The zero-order valence-electron chi connectivity index (χ0n) is 21.8. The Morgan fingerprint density at radius 3 is 1.61 bits per heavy atom. The Morgan fingerprint density at radius 2 is 1.21 bits per heavy atom. The van der Waals surface area contributed by atoms with Crippen molar-refractivity contribution in [2.75, 3.05) is 26.2 Å². The lowest BCUT2D eigenvalue weighted by atomic mass is 10.1. The van der Waals surface area contributed by atoms with Crippen LogP contribution in [0.1, 0.15) is 98.3 Å². The molecule has 0 radical (unpaired) electrons. The number of carbonyl (C=O) groups excluding carboxylic acids is 2. The Kier molecular flexibility index (Phi) is 21.0. The van der Waals surface area contributed by atoms with Crippen molar-refractivity contribution in [3.8, 4) is 0 Å². The van der Waals surface area contributed by atoms with Gasteiger partial charge < -0.3 is 15.7 Å². The van der Waals surface area contributed by atoms with Gasteiger partial charge in [-0.1, -0.05) is 37.1 Å². The number of carbonyl (C=O) groups is 2. The molecule has 0 aliphatic rings. The van der Waals surface area contributed by atoms with Gasteiger partial charge in [-0.3, -0.25) is 14.5 Å². The zero-order chi connectivity index (χ0) is 24.7. The van der Waals surface area contributed by atoms with E-state index in [-0.39, 0.29) is 30.5 Å². The molecule has 0 aliphatic carbocycles. The molecule has 0 aliphatic heterocycles. The minimum Gasteiger partial charge on any atom is -0.396 e. The number of allylic oxidation sites excluding steroid dienone is 4. The second kappa shape index (κ2) is 22.1. The molecule has 2 unspecified atom stereocenters. The number of rotatable bonds is 21. The fraction of sp³-hybridized carbons (Fsp3) is 0.778. The summed E-state index contributed by atoms with van der Waals surface area (Å²) in [6.07, 6.45) is 18.7. The number of amides is 2. The van der Waals surface area contributed by atoms with Gasteiger partial charge in [-0.25, -0.2) is 0 Å². The van der Waals surface area contributed by atoms with Crippen molar-refractivity contribution in [3.63, 3.8) is 0 Å². The maximum Gasteiger partial charge on any atom is 0.220 e. The van der Waals surface area contributed by atoms with E-state index in [2.05, 4.69) is 39.8 Å². The molecule has 2 atom stereocenters. The molecule has 0 heterocycles. The summed E-state index contributed by atoms with van der Waals surface area (Å²) in [5, 5.41) is 15.5. The van der Waals surface area contributed by atoms with Crippen molar-refractivity contribution in [1.82, 2.24) is 15.5 Å². The Labute approximate surface area is 203 Å². The first kappa shape index (κ1) is 31.3. The van der Waals surface area contributed by atoms with Crippen LogP contribution in [-0.2, 0) is 9.59 Å². The van der Waals surface area contributed by atoms with Crippen LogP contribution in [0.5, 0.6) is 0 Å². The lowest BCUT2D eigenvalue weighted by molar-refractivity contribution is -0.122.